The molecule has 1 N–H and O–H groups in total. The van der Waals surface area contributed by atoms with Gasteiger partial charge in [-0.15, -0.1) is 0 Å². The van der Waals surface area contributed by atoms with Gasteiger partial charge in [0, 0.05) is 48.7 Å². The van der Waals surface area contributed by atoms with Gasteiger partial charge >= 0.3 is 11.9 Å². The van der Waals surface area contributed by atoms with E-state index in [0.717, 1.165) is 5.56 Å². The van der Waals surface area contributed by atoms with Crippen LogP contribution in [0.5, 0.6) is 11.5 Å². The van der Waals surface area contributed by atoms with E-state index < -0.39 is 53.6 Å². The molecule has 0 aromatic heterocycles. The highest BCUT2D eigenvalue weighted by atomic mass is 16.7. The number of Topliss-reactive ketones (excluding diaryl/α,β-unsaturated/α-hetero) is 2. The topological polar surface area (TPSA) is 170 Å². The first-order chi connectivity index (χ1) is 23.3. The minimum Gasteiger partial charge on any atom is -0.496 e. The van der Waals surface area contributed by atoms with E-state index in [1.807, 2.05) is 0 Å². The summed E-state index contributed by atoms with van der Waals surface area (Å²) in [4.78, 5) is 77.0. The van der Waals surface area contributed by atoms with Gasteiger partial charge in [-0.25, -0.2) is 0 Å². The number of ketones is 4. The SMILES string of the molecule is COc1cc(C)cc2c1C(=O)C=C(c1c(C)cc3c(c1OC)C(=O)C(NCCO[C@H]1C=C[C@@H](OC(C)=O)[C@@H](COC(C)=O)O1)=CC3=O)C2=O. The fourth-order valence-corrected chi connectivity index (χ4v) is 5.95. The molecule has 1 heterocycles. The van der Waals surface area contributed by atoms with Crippen molar-refractivity contribution in [3.8, 4) is 11.5 Å². The average Bonchev–Trinajstić information content (AvgIpc) is 3.05. The van der Waals surface area contributed by atoms with Crippen LogP contribution < -0.4 is 14.8 Å². The number of benzene rings is 2. The maximum absolute atomic E-state index is 13.9. The Hall–Kier alpha value is -5.40. The molecule has 256 valence electrons. The van der Waals surface area contributed by atoms with E-state index in [0.29, 0.717) is 5.56 Å². The maximum Gasteiger partial charge on any atom is 0.303 e. The summed E-state index contributed by atoms with van der Waals surface area (Å²) in [5, 5.41) is 2.92. The van der Waals surface area contributed by atoms with E-state index in [-0.39, 0.29) is 70.3 Å². The number of rotatable bonds is 11. The molecule has 0 saturated heterocycles. The largest absolute Gasteiger partial charge is 0.496 e. The van der Waals surface area contributed by atoms with Crippen molar-refractivity contribution in [2.45, 2.75) is 46.2 Å². The normalized spacial score (nSPS) is 19.8. The molecule has 2 aromatic carbocycles. The number of carbonyl (C=O) groups excluding carboxylic acids is 6. The molecule has 0 amide bonds. The van der Waals surface area contributed by atoms with Crippen molar-refractivity contribution in [3.05, 3.63) is 87.1 Å². The Kier molecular flexibility index (Phi) is 10.2. The number of allylic oxidation sites excluding steroid dienone is 4. The molecule has 0 radical (unpaired) electrons. The Labute approximate surface area is 281 Å². The molecule has 49 heavy (non-hydrogen) atoms. The van der Waals surface area contributed by atoms with Crippen molar-refractivity contribution >= 4 is 40.6 Å². The summed E-state index contributed by atoms with van der Waals surface area (Å²) in [6.45, 7) is 5.86. The van der Waals surface area contributed by atoms with Crippen LogP contribution in [0.2, 0.25) is 0 Å². The van der Waals surface area contributed by atoms with Crippen molar-refractivity contribution in [3.63, 3.8) is 0 Å². The fourth-order valence-electron chi connectivity index (χ4n) is 5.95. The number of hydrogen-bond acceptors (Lipinski definition) is 13. The summed E-state index contributed by atoms with van der Waals surface area (Å²) in [5.74, 6) is -2.70. The number of aryl methyl sites for hydroxylation is 2. The molecule has 2 aliphatic carbocycles. The van der Waals surface area contributed by atoms with Crippen molar-refractivity contribution in [2.24, 2.45) is 0 Å². The Morgan fingerprint density at radius 1 is 0.837 bits per heavy atom. The molecule has 2 aromatic rings. The molecule has 3 aliphatic rings. The molecule has 0 saturated carbocycles. The minimum atomic E-state index is -0.879. The van der Waals surface area contributed by atoms with Crippen molar-refractivity contribution in [1.29, 1.82) is 0 Å². The number of ether oxygens (including phenoxy) is 6. The molecule has 1 aliphatic heterocycles. The van der Waals surface area contributed by atoms with Crippen molar-refractivity contribution < 1.29 is 57.2 Å². The monoisotopic (exact) mass is 673 g/mol. The number of nitrogens with one attached hydrogen (secondary N) is 1. The molecule has 13 nitrogen and oxygen atoms in total. The second-order valence-corrected chi connectivity index (χ2v) is 11.5. The lowest BCUT2D eigenvalue weighted by Crippen LogP contribution is -2.42. The van der Waals surface area contributed by atoms with Crippen LogP contribution in [-0.2, 0) is 28.5 Å². The van der Waals surface area contributed by atoms with Gasteiger partial charge in [-0.1, -0.05) is 0 Å². The van der Waals surface area contributed by atoms with Crippen LogP contribution in [0, 0.1) is 13.8 Å². The van der Waals surface area contributed by atoms with Crippen LogP contribution in [0.1, 0.15) is 72.0 Å². The summed E-state index contributed by atoms with van der Waals surface area (Å²) in [6, 6.07) is 4.79. The second-order valence-electron chi connectivity index (χ2n) is 11.5. The highest BCUT2D eigenvalue weighted by molar-refractivity contribution is 6.40. The smallest absolute Gasteiger partial charge is 0.303 e. The zero-order valence-corrected chi connectivity index (χ0v) is 27.8. The van der Waals surface area contributed by atoms with E-state index in [1.165, 1.54) is 46.3 Å². The summed E-state index contributed by atoms with van der Waals surface area (Å²) in [7, 11) is 2.74. The Morgan fingerprint density at radius 2 is 1.59 bits per heavy atom. The Morgan fingerprint density at radius 3 is 2.27 bits per heavy atom. The third-order valence-corrected chi connectivity index (χ3v) is 8.03. The summed E-state index contributed by atoms with van der Waals surface area (Å²) >= 11 is 0. The van der Waals surface area contributed by atoms with Crippen LogP contribution in [0.3, 0.4) is 0 Å². The van der Waals surface area contributed by atoms with Gasteiger partial charge < -0.3 is 33.7 Å². The molecule has 0 unspecified atom stereocenters. The zero-order valence-electron chi connectivity index (χ0n) is 27.8. The molecule has 3 atom stereocenters. The van der Waals surface area contributed by atoms with E-state index in [9.17, 15) is 28.8 Å². The third kappa shape index (κ3) is 7.08. The van der Waals surface area contributed by atoms with Crippen LogP contribution in [0.4, 0.5) is 0 Å². The van der Waals surface area contributed by atoms with Crippen molar-refractivity contribution in [2.75, 3.05) is 34.0 Å². The molecular formula is C36H35NO12. The van der Waals surface area contributed by atoms with Crippen LogP contribution >= 0.6 is 0 Å². The molecule has 5 rings (SSSR count). The van der Waals surface area contributed by atoms with E-state index >= 15 is 0 Å². The van der Waals surface area contributed by atoms with Crippen LogP contribution in [0.15, 0.2) is 48.2 Å². The number of carbonyl (C=O) groups is 6. The molecular weight excluding hydrogens is 638 g/mol. The van der Waals surface area contributed by atoms with Gasteiger partial charge in [-0.3, -0.25) is 28.8 Å². The van der Waals surface area contributed by atoms with Gasteiger partial charge in [0.05, 0.1) is 37.7 Å². The minimum absolute atomic E-state index is 0.00522. The quantitative estimate of drug-likeness (QED) is 0.209. The number of esters is 2. The van der Waals surface area contributed by atoms with E-state index in [2.05, 4.69) is 5.32 Å². The lowest BCUT2D eigenvalue weighted by molar-refractivity contribution is -0.196. The van der Waals surface area contributed by atoms with Crippen molar-refractivity contribution in [1.82, 2.24) is 5.32 Å². The first-order valence-electron chi connectivity index (χ1n) is 15.4. The first-order valence-corrected chi connectivity index (χ1v) is 15.4. The predicted octanol–water partition coefficient (Wildman–Crippen LogP) is 3.43. The maximum atomic E-state index is 13.9. The zero-order chi connectivity index (χ0) is 35.6. The lowest BCUT2D eigenvalue weighted by atomic mass is 9.80. The van der Waals surface area contributed by atoms with E-state index in [1.54, 1.807) is 38.1 Å². The summed E-state index contributed by atoms with van der Waals surface area (Å²) in [5.41, 5.74) is 1.79. The number of fused-ring (bicyclic) bond motifs is 2. The predicted molar refractivity (Wildman–Crippen MR) is 173 cm³/mol. The van der Waals surface area contributed by atoms with Crippen LogP contribution in [0.25, 0.3) is 5.57 Å². The van der Waals surface area contributed by atoms with Gasteiger partial charge in [0.1, 0.15) is 30.3 Å². The highest BCUT2D eigenvalue weighted by Gasteiger charge is 2.37. The highest BCUT2D eigenvalue weighted by Crippen LogP contribution is 2.42. The fraction of sp³-hybridized carbons (Fsp3) is 0.333. The lowest BCUT2D eigenvalue weighted by Gasteiger charge is -2.31. The number of hydrogen-bond donors (Lipinski definition) is 1. The second kappa shape index (κ2) is 14.4. The van der Waals surface area contributed by atoms with Gasteiger partial charge in [-0.05, 0) is 61.4 Å². The standard InChI is InChI=1S/C36H35NO12/c1-17-11-22-32(28(12-17)44-5)26(41)14-23(34(22)42)31-18(2)13-21-25(40)15-24(35(43)33(21)36(31)45-6)37-9-10-46-30-8-7-27(48-20(4)39)29(49-30)16-47-19(3)38/h7-8,11-15,27,29-30,37H,9-10,16H2,1-6H3/t27-,29-,30-/m1/s1. The number of methoxy groups -OCH3 is 2. The Bertz CT molecular complexity index is 1870. The molecule has 0 fully saturated rings. The summed E-state index contributed by atoms with van der Waals surface area (Å²) < 4.78 is 32.8. The van der Waals surface area contributed by atoms with Gasteiger partial charge in [0.2, 0.25) is 5.78 Å². The molecule has 13 heteroatoms. The first kappa shape index (κ1) is 34.9. The van der Waals surface area contributed by atoms with Gasteiger partial charge in [0.15, 0.2) is 23.6 Å². The third-order valence-electron chi connectivity index (χ3n) is 8.03. The molecule has 0 spiro atoms. The van der Waals surface area contributed by atoms with Gasteiger partial charge in [0.25, 0.3) is 0 Å². The Balaban J connectivity index is 1.34. The molecule has 0 bridgehead atoms. The summed E-state index contributed by atoms with van der Waals surface area (Å²) in [6.07, 6.45) is 3.03. The van der Waals surface area contributed by atoms with E-state index in [4.69, 9.17) is 28.4 Å². The average molecular weight is 674 g/mol. The van der Waals surface area contributed by atoms with Gasteiger partial charge in [-0.2, -0.15) is 0 Å². The van der Waals surface area contributed by atoms with Crippen LogP contribution in [-0.4, -0.2) is 87.5 Å².